The Hall–Kier alpha value is -3.19. The molecular formula is C25H28ClN3O4. The lowest BCUT2D eigenvalue weighted by Gasteiger charge is -2.26. The fourth-order valence-corrected chi connectivity index (χ4v) is 3.98. The van der Waals surface area contributed by atoms with Gasteiger partial charge in [0.2, 0.25) is 0 Å². The smallest absolute Gasteiger partial charge is 0.317 e. The van der Waals surface area contributed by atoms with E-state index in [2.05, 4.69) is 16.9 Å². The zero-order valence-electron chi connectivity index (χ0n) is 19.0. The Morgan fingerprint density at radius 2 is 1.88 bits per heavy atom. The monoisotopic (exact) mass is 469 g/mol. The van der Waals surface area contributed by atoms with Gasteiger partial charge in [-0.3, -0.25) is 14.6 Å². The quantitative estimate of drug-likeness (QED) is 0.393. The average molecular weight is 470 g/mol. The van der Waals surface area contributed by atoms with Crippen LogP contribution in [0.15, 0.2) is 55.0 Å². The van der Waals surface area contributed by atoms with Crippen molar-refractivity contribution in [2.75, 3.05) is 7.11 Å². The average Bonchev–Trinajstić information content (AvgIpc) is 3.21. The van der Waals surface area contributed by atoms with Crippen LogP contribution in [0.2, 0.25) is 5.02 Å². The Balaban J connectivity index is 2.15. The normalized spacial score (nSPS) is 12.7. The number of unbranched alkanes of at least 4 members (excludes halogenated alkanes) is 1. The number of esters is 2. The predicted octanol–water partition coefficient (Wildman–Crippen LogP) is 4.88. The Labute approximate surface area is 198 Å². The van der Waals surface area contributed by atoms with Gasteiger partial charge in [-0.2, -0.15) is 0 Å². The van der Waals surface area contributed by atoms with Crippen molar-refractivity contribution in [3.8, 4) is 0 Å². The highest BCUT2D eigenvalue weighted by atomic mass is 35.5. The molecule has 0 fully saturated rings. The van der Waals surface area contributed by atoms with Crippen molar-refractivity contribution in [1.29, 1.82) is 0 Å². The SMILES string of the molecule is CCCCc1ncc(C(OC(C)=O)C(C(=O)OC)c2ccncc2)n1Cc1ccccc1Cl. The summed E-state index contributed by atoms with van der Waals surface area (Å²) in [5, 5.41) is 0.626. The van der Waals surface area contributed by atoms with Crippen molar-refractivity contribution in [3.63, 3.8) is 0 Å². The molecule has 0 N–H and O–H groups in total. The van der Waals surface area contributed by atoms with E-state index < -0.39 is 24.0 Å². The van der Waals surface area contributed by atoms with Gasteiger partial charge in [0.05, 0.1) is 25.5 Å². The van der Waals surface area contributed by atoms with Gasteiger partial charge in [-0.15, -0.1) is 0 Å². The maximum absolute atomic E-state index is 12.9. The number of methoxy groups -OCH3 is 1. The standard InChI is InChI=1S/C25H28ClN3O4/c1-4-5-10-22-28-15-21(29(22)16-19-8-6-7-9-20(19)26)24(33-17(2)30)23(25(31)32-3)18-11-13-27-14-12-18/h6-9,11-15,23-24H,4-5,10,16H2,1-3H3. The molecule has 3 aromatic rings. The minimum Gasteiger partial charge on any atom is -0.468 e. The van der Waals surface area contributed by atoms with E-state index >= 15 is 0 Å². The van der Waals surface area contributed by atoms with Gasteiger partial charge in [0.1, 0.15) is 11.7 Å². The first-order valence-corrected chi connectivity index (χ1v) is 11.3. The van der Waals surface area contributed by atoms with Gasteiger partial charge in [-0.05, 0) is 35.7 Å². The van der Waals surface area contributed by atoms with Gasteiger partial charge < -0.3 is 14.0 Å². The third-order valence-electron chi connectivity index (χ3n) is 5.42. The molecule has 0 aliphatic heterocycles. The number of benzene rings is 1. The molecule has 2 unspecified atom stereocenters. The number of carbonyl (C=O) groups excluding carboxylic acids is 2. The first-order valence-electron chi connectivity index (χ1n) is 10.9. The summed E-state index contributed by atoms with van der Waals surface area (Å²) in [5.41, 5.74) is 2.13. The Morgan fingerprint density at radius 1 is 1.15 bits per heavy atom. The van der Waals surface area contributed by atoms with Crippen LogP contribution in [0.4, 0.5) is 0 Å². The second kappa shape index (κ2) is 11.6. The highest BCUT2D eigenvalue weighted by Crippen LogP contribution is 2.36. The Bertz CT molecular complexity index is 1080. The maximum atomic E-state index is 12.9. The lowest BCUT2D eigenvalue weighted by Crippen LogP contribution is -2.27. The number of pyridine rings is 1. The third-order valence-corrected chi connectivity index (χ3v) is 5.79. The van der Waals surface area contributed by atoms with Crippen molar-refractivity contribution in [1.82, 2.24) is 14.5 Å². The number of imidazole rings is 1. The molecule has 0 aliphatic carbocycles. The van der Waals surface area contributed by atoms with Gasteiger partial charge in [-0.1, -0.05) is 43.1 Å². The fourth-order valence-electron chi connectivity index (χ4n) is 3.78. The molecule has 33 heavy (non-hydrogen) atoms. The van der Waals surface area contributed by atoms with Gasteiger partial charge in [-0.25, -0.2) is 4.98 Å². The van der Waals surface area contributed by atoms with E-state index in [0.29, 0.717) is 22.8 Å². The first kappa shape index (κ1) is 24.5. The number of hydrogen-bond acceptors (Lipinski definition) is 6. The van der Waals surface area contributed by atoms with E-state index in [-0.39, 0.29) is 0 Å². The Morgan fingerprint density at radius 3 is 2.52 bits per heavy atom. The van der Waals surface area contributed by atoms with Crippen LogP contribution < -0.4 is 0 Å². The van der Waals surface area contributed by atoms with Crippen LogP contribution >= 0.6 is 11.6 Å². The number of rotatable bonds is 10. The van der Waals surface area contributed by atoms with Crippen LogP contribution in [0.1, 0.15) is 61.4 Å². The summed E-state index contributed by atoms with van der Waals surface area (Å²) in [5.74, 6) is -1.08. The number of aromatic nitrogens is 3. The van der Waals surface area contributed by atoms with Crippen LogP contribution in [-0.4, -0.2) is 33.6 Å². The maximum Gasteiger partial charge on any atom is 0.317 e. The number of nitrogens with zero attached hydrogens (tertiary/aromatic N) is 3. The molecule has 0 saturated carbocycles. The molecule has 0 bridgehead atoms. The summed E-state index contributed by atoms with van der Waals surface area (Å²) >= 11 is 6.45. The molecule has 0 aliphatic rings. The van der Waals surface area contributed by atoms with Crippen molar-refractivity contribution < 1.29 is 19.1 Å². The largest absolute Gasteiger partial charge is 0.468 e. The van der Waals surface area contributed by atoms with Crippen LogP contribution in [-0.2, 0) is 32.0 Å². The number of hydrogen-bond donors (Lipinski definition) is 0. The zero-order chi connectivity index (χ0) is 23.8. The lowest BCUT2D eigenvalue weighted by molar-refractivity contribution is -0.155. The molecule has 7 nitrogen and oxygen atoms in total. The molecule has 2 heterocycles. The molecule has 0 spiro atoms. The fraction of sp³-hybridized carbons (Fsp3) is 0.360. The van der Waals surface area contributed by atoms with Crippen LogP contribution in [0.3, 0.4) is 0 Å². The van der Waals surface area contributed by atoms with Gasteiger partial charge in [0.15, 0.2) is 6.10 Å². The summed E-state index contributed by atoms with van der Waals surface area (Å²) in [6, 6.07) is 11.0. The minimum absolute atomic E-state index is 0.427. The second-order valence-electron chi connectivity index (χ2n) is 7.69. The first-order chi connectivity index (χ1) is 16.0. The third kappa shape index (κ3) is 5.99. The van der Waals surface area contributed by atoms with Gasteiger partial charge >= 0.3 is 11.9 Å². The summed E-state index contributed by atoms with van der Waals surface area (Å²) in [6.45, 7) is 3.86. The summed E-state index contributed by atoms with van der Waals surface area (Å²) < 4.78 is 12.8. The summed E-state index contributed by atoms with van der Waals surface area (Å²) in [6.07, 6.45) is 6.60. The second-order valence-corrected chi connectivity index (χ2v) is 8.10. The van der Waals surface area contributed by atoms with E-state index in [1.165, 1.54) is 14.0 Å². The predicted molar refractivity (Wildman–Crippen MR) is 125 cm³/mol. The number of aryl methyl sites for hydroxylation is 1. The molecule has 0 amide bonds. The van der Waals surface area contributed by atoms with Crippen molar-refractivity contribution in [2.45, 2.75) is 51.7 Å². The van der Waals surface area contributed by atoms with E-state index in [1.54, 1.807) is 30.7 Å². The molecule has 2 aromatic heterocycles. The van der Waals surface area contributed by atoms with Crippen LogP contribution in [0, 0.1) is 0 Å². The Kier molecular flexibility index (Phi) is 8.60. The van der Waals surface area contributed by atoms with Gasteiger partial charge in [0.25, 0.3) is 0 Å². The number of ether oxygens (including phenoxy) is 2. The van der Waals surface area contributed by atoms with E-state index in [1.807, 2.05) is 28.8 Å². The summed E-state index contributed by atoms with van der Waals surface area (Å²) in [4.78, 5) is 33.7. The number of carbonyl (C=O) groups is 2. The highest BCUT2D eigenvalue weighted by molar-refractivity contribution is 6.31. The molecule has 0 saturated heterocycles. The van der Waals surface area contributed by atoms with Crippen molar-refractivity contribution in [2.24, 2.45) is 0 Å². The molecular weight excluding hydrogens is 442 g/mol. The lowest BCUT2D eigenvalue weighted by atomic mass is 9.92. The van der Waals surface area contributed by atoms with E-state index in [9.17, 15) is 9.59 Å². The zero-order valence-corrected chi connectivity index (χ0v) is 19.8. The van der Waals surface area contributed by atoms with Crippen molar-refractivity contribution in [3.05, 3.63) is 82.7 Å². The molecule has 1 aromatic carbocycles. The highest BCUT2D eigenvalue weighted by Gasteiger charge is 2.37. The van der Waals surface area contributed by atoms with Crippen LogP contribution in [0.25, 0.3) is 0 Å². The molecule has 2 atom stereocenters. The molecule has 0 radical (unpaired) electrons. The number of halogens is 1. The van der Waals surface area contributed by atoms with Gasteiger partial charge in [0, 0.05) is 30.8 Å². The molecule has 8 heteroatoms. The minimum atomic E-state index is -0.942. The van der Waals surface area contributed by atoms with E-state index in [0.717, 1.165) is 30.7 Å². The van der Waals surface area contributed by atoms with Crippen LogP contribution in [0.5, 0.6) is 0 Å². The molecule has 174 valence electrons. The summed E-state index contributed by atoms with van der Waals surface area (Å²) in [7, 11) is 1.31. The molecule has 3 rings (SSSR count). The topological polar surface area (TPSA) is 83.3 Å². The van der Waals surface area contributed by atoms with Crippen molar-refractivity contribution >= 4 is 23.5 Å². The van der Waals surface area contributed by atoms with E-state index in [4.69, 9.17) is 21.1 Å².